The smallest absolute Gasteiger partial charge is 0.392 e. The summed E-state index contributed by atoms with van der Waals surface area (Å²) >= 11 is 0. The summed E-state index contributed by atoms with van der Waals surface area (Å²) in [6.45, 7) is 1.89. The van der Waals surface area contributed by atoms with Gasteiger partial charge in [0.2, 0.25) is 0 Å². The third-order valence-corrected chi connectivity index (χ3v) is 3.99. The van der Waals surface area contributed by atoms with Gasteiger partial charge in [-0.05, 0) is 54.5 Å². The maximum atomic E-state index is 12.2. The molecule has 0 aliphatic heterocycles. The summed E-state index contributed by atoms with van der Waals surface area (Å²) in [6.07, 6.45) is -0.661. The van der Waals surface area contributed by atoms with Crippen molar-refractivity contribution >= 4 is 18.0 Å². The van der Waals surface area contributed by atoms with Crippen LogP contribution in [0.15, 0.2) is 54.6 Å². The van der Waals surface area contributed by atoms with Crippen LogP contribution in [0.5, 0.6) is 11.5 Å². The third kappa shape index (κ3) is 9.37. The van der Waals surface area contributed by atoms with Crippen LogP contribution < -0.4 is 9.47 Å². The van der Waals surface area contributed by atoms with Gasteiger partial charge in [-0.25, -0.2) is 9.59 Å². The van der Waals surface area contributed by atoms with Gasteiger partial charge in [0.25, 0.3) is 0 Å². The molecule has 5 nitrogen and oxygen atoms in total. The van der Waals surface area contributed by atoms with E-state index in [0.29, 0.717) is 12.4 Å². The van der Waals surface area contributed by atoms with Crippen molar-refractivity contribution in [2.24, 2.45) is 0 Å². The number of alkyl halides is 3. The summed E-state index contributed by atoms with van der Waals surface area (Å²) in [6, 6.07) is 12.1. The van der Waals surface area contributed by atoms with E-state index in [4.69, 9.17) is 14.2 Å². The highest BCUT2D eigenvalue weighted by Crippen LogP contribution is 2.21. The largest absolute Gasteiger partial charge is 0.493 e. The Balaban J connectivity index is 1.84. The highest BCUT2D eigenvalue weighted by molar-refractivity contribution is 5.91. The summed E-state index contributed by atoms with van der Waals surface area (Å²) < 4.78 is 51.7. The summed E-state index contributed by atoms with van der Waals surface area (Å²) in [5, 5.41) is 0. The minimum atomic E-state index is -4.28. The van der Waals surface area contributed by atoms with Gasteiger partial charge in [-0.3, -0.25) is 0 Å². The van der Waals surface area contributed by atoms with Crippen LogP contribution >= 0.6 is 0 Å². The van der Waals surface area contributed by atoms with Crippen LogP contribution in [0.4, 0.5) is 13.2 Å². The van der Waals surface area contributed by atoms with Crippen LogP contribution in [0.2, 0.25) is 0 Å². The molecular weight excluding hydrogens is 413 g/mol. The van der Waals surface area contributed by atoms with Crippen molar-refractivity contribution in [1.82, 2.24) is 0 Å². The molecule has 0 aliphatic carbocycles. The number of esters is 2. The van der Waals surface area contributed by atoms with Crippen LogP contribution in [0, 0.1) is 0 Å². The monoisotopic (exact) mass is 436 g/mol. The van der Waals surface area contributed by atoms with E-state index in [1.807, 2.05) is 6.92 Å². The summed E-state index contributed by atoms with van der Waals surface area (Å²) in [5.74, 6) is -0.511. The molecule has 2 aromatic rings. The lowest BCUT2D eigenvalue weighted by atomic mass is 10.2. The second-order valence-corrected chi connectivity index (χ2v) is 6.55. The summed E-state index contributed by atoms with van der Waals surface area (Å²) in [7, 11) is 0. The molecule has 0 heterocycles. The molecule has 0 N–H and O–H groups in total. The first-order chi connectivity index (χ1) is 14.8. The fraction of sp³-hybridized carbons (Fsp3) is 0.304. The standard InChI is InChI=1S/C23H23F3O5/c1-2-3-15-30-21(27)13-6-17-4-9-20(10-5-17)31-22(28)18-7-11-19(12-8-18)29-16-14-23(24,25)26/h4-13H,2-3,14-16H2,1H3. The maximum Gasteiger partial charge on any atom is 0.392 e. The zero-order valence-corrected chi connectivity index (χ0v) is 17.0. The van der Waals surface area contributed by atoms with Gasteiger partial charge in [0.05, 0.1) is 25.2 Å². The third-order valence-electron chi connectivity index (χ3n) is 3.99. The predicted molar refractivity (Wildman–Crippen MR) is 109 cm³/mol. The van der Waals surface area contributed by atoms with E-state index in [1.165, 1.54) is 30.3 Å². The minimum Gasteiger partial charge on any atom is -0.493 e. The number of carbonyl (C=O) groups excluding carboxylic acids is 2. The van der Waals surface area contributed by atoms with Gasteiger partial charge in [-0.2, -0.15) is 13.2 Å². The molecule has 0 unspecified atom stereocenters. The van der Waals surface area contributed by atoms with Crippen molar-refractivity contribution in [1.29, 1.82) is 0 Å². The number of unbranched alkanes of at least 4 members (excludes halogenated alkanes) is 1. The lowest BCUT2D eigenvalue weighted by Crippen LogP contribution is -2.13. The molecule has 0 radical (unpaired) electrons. The zero-order chi connectivity index (χ0) is 22.7. The van der Waals surface area contributed by atoms with Crippen LogP contribution in [0.25, 0.3) is 6.08 Å². The molecule has 0 saturated heterocycles. The Hall–Kier alpha value is -3.29. The SMILES string of the molecule is CCCCOC(=O)C=Cc1ccc(OC(=O)c2ccc(OCCC(F)(F)F)cc2)cc1. The van der Waals surface area contributed by atoms with E-state index in [2.05, 4.69) is 0 Å². The Morgan fingerprint density at radius 2 is 1.58 bits per heavy atom. The Bertz CT molecular complexity index is 872. The Morgan fingerprint density at radius 1 is 0.935 bits per heavy atom. The molecule has 8 heteroatoms. The molecule has 166 valence electrons. The molecule has 0 spiro atoms. The van der Waals surface area contributed by atoms with Crippen molar-refractivity contribution in [2.45, 2.75) is 32.4 Å². The first-order valence-corrected chi connectivity index (χ1v) is 9.73. The Labute approximate surface area is 178 Å². The fourth-order valence-corrected chi connectivity index (χ4v) is 2.31. The second-order valence-electron chi connectivity index (χ2n) is 6.55. The van der Waals surface area contributed by atoms with Crippen molar-refractivity contribution < 1.29 is 37.0 Å². The number of hydrogen-bond acceptors (Lipinski definition) is 5. The molecule has 31 heavy (non-hydrogen) atoms. The van der Waals surface area contributed by atoms with E-state index in [1.54, 1.807) is 30.3 Å². The van der Waals surface area contributed by atoms with Gasteiger partial charge >= 0.3 is 18.1 Å². The van der Waals surface area contributed by atoms with Crippen LogP contribution in [0.1, 0.15) is 42.1 Å². The van der Waals surface area contributed by atoms with Gasteiger partial charge in [0.1, 0.15) is 11.5 Å². The van der Waals surface area contributed by atoms with Gasteiger partial charge in [0.15, 0.2) is 0 Å². The topological polar surface area (TPSA) is 61.8 Å². The number of benzene rings is 2. The van der Waals surface area contributed by atoms with E-state index in [-0.39, 0.29) is 11.3 Å². The molecule has 0 atom stereocenters. The molecule has 0 amide bonds. The minimum absolute atomic E-state index is 0.224. The second kappa shape index (κ2) is 11.8. The summed E-state index contributed by atoms with van der Waals surface area (Å²) in [4.78, 5) is 23.8. The average molecular weight is 436 g/mol. The fourth-order valence-electron chi connectivity index (χ4n) is 2.31. The lowest BCUT2D eigenvalue weighted by molar-refractivity contribution is -0.140. The molecular formula is C23H23F3O5. The van der Waals surface area contributed by atoms with Crippen molar-refractivity contribution in [3.63, 3.8) is 0 Å². The normalized spacial score (nSPS) is 11.4. The van der Waals surface area contributed by atoms with Crippen LogP contribution in [-0.2, 0) is 9.53 Å². The average Bonchev–Trinajstić information content (AvgIpc) is 2.73. The maximum absolute atomic E-state index is 12.2. The van der Waals surface area contributed by atoms with Gasteiger partial charge < -0.3 is 14.2 Å². The quantitative estimate of drug-likeness (QED) is 0.210. The van der Waals surface area contributed by atoms with E-state index in [9.17, 15) is 22.8 Å². The van der Waals surface area contributed by atoms with Crippen molar-refractivity contribution in [3.05, 3.63) is 65.7 Å². The van der Waals surface area contributed by atoms with Crippen LogP contribution in [-0.4, -0.2) is 31.3 Å². The summed E-state index contributed by atoms with van der Waals surface area (Å²) in [5.41, 5.74) is 0.953. The van der Waals surface area contributed by atoms with Gasteiger partial charge in [0, 0.05) is 6.08 Å². The predicted octanol–water partition coefficient (Wildman–Crippen LogP) is 5.59. The molecule has 2 rings (SSSR count). The number of carbonyl (C=O) groups is 2. The number of rotatable bonds is 10. The van der Waals surface area contributed by atoms with E-state index >= 15 is 0 Å². The van der Waals surface area contributed by atoms with Crippen molar-refractivity contribution in [3.8, 4) is 11.5 Å². The van der Waals surface area contributed by atoms with Crippen LogP contribution in [0.3, 0.4) is 0 Å². The molecule has 0 saturated carbocycles. The number of ether oxygens (including phenoxy) is 3. The molecule has 0 aromatic heterocycles. The van der Waals surface area contributed by atoms with Gasteiger partial charge in [-0.15, -0.1) is 0 Å². The van der Waals surface area contributed by atoms with E-state index < -0.39 is 31.1 Å². The lowest BCUT2D eigenvalue weighted by Gasteiger charge is -2.09. The van der Waals surface area contributed by atoms with Gasteiger partial charge in [-0.1, -0.05) is 25.5 Å². The molecule has 0 bridgehead atoms. The number of halogens is 3. The van der Waals surface area contributed by atoms with Crippen molar-refractivity contribution in [2.75, 3.05) is 13.2 Å². The highest BCUT2D eigenvalue weighted by atomic mass is 19.4. The highest BCUT2D eigenvalue weighted by Gasteiger charge is 2.26. The molecule has 2 aromatic carbocycles. The Morgan fingerprint density at radius 3 is 2.19 bits per heavy atom. The first-order valence-electron chi connectivity index (χ1n) is 9.73. The van der Waals surface area contributed by atoms with E-state index in [0.717, 1.165) is 18.4 Å². The number of hydrogen-bond donors (Lipinski definition) is 0. The zero-order valence-electron chi connectivity index (χ0n) is 17.0. The molecule has 0 aliphatic rings. The molecule has 0 fully saturated rings. The Kier molecular flexibility index (Phi) is 9.12. The first kappa shape index (κ1) is 24.0.